The smallest absolute Gasteiger partial charge is 0.238 e. The molecule has 0 saturated carbocycles. The van der Waals surface area contributed by atoms with Crippen molar-refractivity contribution in [2.45, 2.75) is 32.6 Å². The maximum atomic E-state index is 14.5. The van der Waals surface area contributed by atoms with E-state index in [0.29, 0.717) is 22.4 Å². The lowest BCUT2D eigenvalue weighted by molar-refractivity contribution is -0.123. The number of imide groups is 1. The fraction of sp³-hybridized carbons (Fsp3) is 0.258. The summed E-state index contributed by atoms with van der Waals surface area (Å²) in [7, 11) is 0. The van der Waals surface area contributed by atoms with Crippen LogP contribution in [0.25, 0.3) is 0 Å². The number of allylic oxidation sites excluding steroid dienone is 6. The van der Waals surface area contributed by atoms with Crippen LogP contribution in [0.15, 0.2) is 76.9 Å². The number of halogens is 1. The third-order valence-corrected chi connectivity index (χ3v) is 8.40. The fourth-order valence-electron chi connectivity index (χ4n) is 6.54. The van der Waals surface area contributed by atoms with E-state index >= 15 is 0 Å². The van der Waals surface area contributed by atoms with E-state index in [9.17, 15) is 33.5 Å². The average molecular weight is 526 g/mol. The molecule has 1 aliphatic heterocycles. The van der Waals surface area contributed by atoms with Crippen molar-refractivity contribution in [1.29, 1.82) is 0 Å². The summed E-state index contributed by atoms with van der Waals surface area (Å²) in [6, 6.07) is 10.1. The predicted octanol–water partition coefficient (Wildman–Crippen LogP) is 4.37. The monoisotopic (exact) mass is 525 g/mol. The first kappa shape index (κ1) is 24.9. The first-order valence-corrected chi connectivity index (χ1v) is 12.8. The van der Waals surface area contributed by atoms with Crippen molar-refractivity contribution in [2.75, 3.05) is 4.90 Å². The molecule has 4 aliphatic rings. The molecule has 2 amide bonds. The Balaban J connectivity index is 1.46. The van der Waals surface area contributed by atoms with Gasteiger partial charge in [0.2, 0.25) is 11.8 Å². The van der Waals surface area contributed by atoms with E-state index in [-0.39, 0.29) is 52.8 Å². The summed E-state index contributed by atoms with van der Waals surface area (Å²) < 4.78 is 14.5. The summed E-state index contributed by atoms with van der Waals surface area (Å²) in [5, 5.41) is 9.78. The SMILES string of the molecule is CC(=O)c1ccc(N2C(=O)[C@H]3[C@H](CC=C4[C@H](c5ccc(O)c(F)c5)C5=C(C[C@H]43)C(=O)C=C(C)C5=O)C2=O)cc1. The van der Waals surface area contributed by atoms with Crippen molar-refractivity contribution in [3.05, 3.63) is 93.9 Å². The number of phenols is 1. The Kier molecular flexibility index (Phi) is 5.61. The van der Waals surface area contributed by atoms with Gasteiger partial charge < -0.3 is 5.11 Å². The average Bonchev–Trinajstić information content (AvgIpc) is 3.17. The molecule has 0 radical (unpaired) electrons. The van der Waals surface area contributed by atoms with Gasteiger partial charge in [-0.3, -0.25) is 28.9 Å². The van der Waals surface area contributed by atoms with Crippen molar-refractivity contribution in [1.82, 2.24) is 0 Å². The van der Waals surface area contributed by atoms with Crippen molar-refractivity contribution in [3.63, 3.8) is 0 Å². The number of rotatable bonds is 3. The van der Waals surface area contributed by atoms with Crippen LogP contribution in [0.3, 0.4) is 0 Å². The van der Waals surface area contributed by atoms with E-state index in [1.54, 1.807) is 31.2 Å². The Hall–Kier alpha value is -4.46. The Labute approximate surface area is 223 Å². The molecule has 0 spiro atoms. The Morgan fingerprint density at radius 1 is 1.00 bits per heavy atom. The lowest BCUT2D eigenvalue weighted by Gasteiger charge is -2.42. The van der Waals surface area contributed by atoms with Gasteiger partial charge in [-0.15, -0.1) is 0 Å². The van der Waals surface area contributed by atoms with Gasteiger partial charge in [-0.1, -0.05) is 17.7 Å². The minimum absolute atomic E-state index is 0.115. The van der Waals surface area contributed by atoms with Crippen LogP contribution in [0.1, 0.15) is 48.5 Å². The van der Waals surface area contributed by atoms with Crippen LogP contribution in [0, 0.1) is 23.6 Å². The second kappa shape index (κ2) is 8.80. The van der Waals surface area contributed by atoms with Crippen LogP contribution in [0.2, 0.25) is 0 Å². The standard InChI is InChI=1S/C31H24FNO6/c1-14-11-25(36)22-13-21-19(26(28(22)29(14)37)17-5-10-24(35)23(32)12-17)8-9-20-27(21)31(39)33(30(20)38)18-6-3-16(4-7-18)15(2)34/h3-8,10-12,20-21,26-27,35H,9,13H2,1-2H3/t20-,21+,26-,27-/m0/s1. The number of carbonyl (C=O) groups excluding carboxylic acids is 5. The molecule has 1 N–H and O–H groups in total. The highest BCUT2D eigenvalue weighted by Crippen LogP contribution is 2.55. The number of phenolic OH excluding ortho intramolecular Hbond substituents is 1. The van der Waals surface area contributed by atoms with Crippen LogP contribution < -0.4 is 4.90 Å². The quantitative estimate of drug-likeness (QED) is 0.276. The number of hydrogen-bond donors (Lipinski definition) is 1. The summed E-state index contributed by atoms with van der Waals surface area (Å²) in [4.78, 5) is 66.7. The minimum atomic E-state index is -0.861. The van der Waals surface area contributed by atoms with Gasteiger partial charge in [0.25, 0.3) is 0 Å². The molecule has 0 unspecified atom stereocenters. The number of hydrogen-bond acceptors (Lipinski definition) is 6. The molecule has 1 saturated heterocycles. The lowest BCUT2D eigenvalue weighted by atomic mass is 9.59. The molecule has 1 fully saturated rings. The maximum Gasteiger partial charge on any atom is 0.238 e. The molecule has 3 aliphatic carbocycles. The van der Waals surface area contributed by atoms with Crippen LogP contribution in [0.4, 0.5) is 10.1 Å². The highest BCUT2D eigenvalue weighted by Gasteiger charge is 2.56. The number of fused-ring (bicyclic) bond motifs is 3. The zero-order valence-electron chi connectivity index (χ0n) is 21.2. The molecule has 2 aromatic carbocycles. The van der Waals surface area contributed by atoms with Gasteiger partial charge in [-0.2, -0.15) is 0 Å². The van der Waals surface area contributed by atoms with Gasteiger partial charge in [0.05, 0.1) is 17.5 Å². The molecule has 8 heteroatoms. The number of aromatic hydroxyl groups is 1. The Morgan fingerprint density at radius 2 is 1.72 bits per heavy atom. The van der Waals surface area contributed by atoms with Gasteiger partial charge in [-0.25, -0.2) is 4.39 Å². The molecule has 1 heterocycles. The van der Waals surface area contributed by atoms with Crippen molar-refractivity contribution >= 4 is 34.9 Å². The maximum absolute atomic E-state index is 14.5. The molecule has 4 atom stereocenters. The van der Waals surface area contributed by atoms with Crippen LogP contribution in [-0.4, -0.2) is 34.3 Å². The van der Waals surface area contributed by atoms with E-state index < -0.39 is 41.1 Å². The Morgan fingerprint density at radius 3 is 2.38 bits per heavy atom. The zero-order valence-corrected chi connectivity index (χ0v) is 21.2. The van der Waals surface area contributed by atoms with Crippen LogP contribution in [0.5, 0.6) is 5.75 Å². The van der Waals surface area contributed by atoms with Crippen molar-refractivity contribution in [3.8, 4) is 5.75 Å². The van der Waals surface area contributed by atoms with E-state index in [1.165, 1.54) is 25.1 Å². The van der Waals surface area contributed by atoms with Gasteiger partial charge in [0.1, 0.15) is 0 Å². The predicted molar refractivity (Wildman–Crippen MR) is 138 cm³/mol. The second-order valence-electron chi connectivity index (χ2n) is 10.6. The van der Waals surface area contributed by atoms with Crippen molar-refractivity contribution in [2.24, 2.45) is 17.8 Å². The zero-order chi connectivity index (χ0) is 27.7. The summed E-state index contributed by atoms with van der Waals surface area (Å²) in [6.45, 7) is 2.99. The van der Waals surface area contributed by atoms with Crippen molar-refractivity contribution < 1.29 is 33.5 Å². The molecule has 2 aromatic rings. The number of ketones is 3. The summed E-state index contributed by atoms with van der Waals surface area (Å²) >= 11 is 0. The molecule has 7 nitrogen and oxygen atoms in total. The van der Waals surface area contributed by atoms with Gasteiger partial charge in [0, 0.05) is 28.2 Å². The third-order valence-electron chi connectivity index (χ3n) is 8.40. The first-order valence-electron chi connectivity index (χ1n) is 12.8. The third kappa shape index (κ3) is 3.66. The van der Waals surface area contributed by atoms with E-state index in [2.05, 4.69) is 0 Å². The fourth-order valence-corrected chi connectivity index (χ4v) is 6.54. The van der Waals surface area contributed by atoms with Gasteiger partial charge >= 0.3 is 0 Å². The molecule has 39 heavy (non-hydrogen) atoms. The first-order chi connectivity index (χ1) is 18.6. The van der Waals surface area contributed by atoms with E-state index in [4.69, 9.17) is 0 Å². The van der Waals surface area contributed by atoms with Crippen LogP contribution in [-0.2, 0) is 19.2 Å². The highest BCUT2D eigenvalue weighted by molar-refractivity contribution is 6.25. The highest BCUT2D eigenvalue weighted by atomic mass is 19.1. The number of anilines is 1. The van der Waals surface area contributed by atoms with Crippen LogP contribution >= 0.6 is 0 Å². The minimum Gasteiger partial charge on any atom is -0.505 e. The molecular weight excluding hydrogens is 501 g/mol. The molecular formula is C31H24FNO6. The lowest BCUT2D eigenvalue weighted by Crippen LogP contribution is -2.39. The number of benzene rings is 2. The number of carbonyl (C=O) groups is 5. The summed E-state index contributed by atoms with van der Waals surface area (Å²) in [6.07, 6.45) is 3.50. The topological polar surface area (TPSA) is 109 Å². The number of amides is 2. The Bertz CT molecular complexity index is 1610. The molecule has 6 rings (SSSR count). The summed E-state index contributed by atoms with van der Waals surface area (Å²) in [5.74, 6) is -5.70. The summed E-state index contributed by atoms with van der Waals surface area (Å²) in [5.41, 5.74) is 2.72. The second-order valence-corrected chi connectivity index (χ2v) is 10.6. The number of nitrogens with zero attached hydrogens (tertiary/aromatic N) is 1. The van der Waals surface area contributed by atoms with E-state index in [0.717, 1.165) is 11.0 Å². The van der Waals surface area contributed by atoms with E-state index in [1.807, 2.05) is 6.08 Å². The molecule has 196 valence electrons. The largest absolute Gasteiger partial charge is 0.505 e. The van der Waals surface area contributed by atoms with Gasteiger partial charge in [-0.05, 0) is 80.6 Å². The number of Topliss-reactive ketones (excluding diaryl/α,β-unsaturated/α-hetero) is 2. The van der Waals surface area contributed by atoms with Gasteiger partial charge in [0.15, 0.2) is 28.9 Å². The normalized spacial score (nSPS) is 26.2. The molecule has 0 bridgehead atoms. The molecule has 0 aromatic heterocycles.